The van der Waals surface area contributed by atoms with Crippen LogP contribution in [0.2, 0.25) is 0 Å². The Morgan fingerprint density at radius 1 is 0.417 bits per heavy atom. The zero-order valence-corrected chi connectivity index (χ0v) is 56.1. The predicted octanol–water partition coefficient (Wildman–Crippen LogP) is 10.3. The van der Waals surface area contributed by atoms with E-state index in [1.54, 1.807) is 54.5 Å². The summed E-state index contributed by atoms with van der Waals surface area (Å²) < 4.78 is 0. The monoisotopic (exact) mass is 1380 g/mol. The molecule has 0 bridgehead atoms. The second-order valence-electron chi connectivity index (χ2n) is 26.1. The maximum Gasteiger partial charge on any atom is 0.246 e. The van der Waals surface area contributed by atoms with Crippen molar-refractivity contribution in [1.29, 1.82) is 0 Å². The molecule has 96 heavy (non-hydrogen) atoms. The number of likely N-dealkylation sites (N-methyl/N-ethyl adjacent to an activating group) is 7. The number of allylic oxidation sites excluding steroid dienone is 2. The van der Waals surface area contributed by atoms with E-state index in [1.807, 2.05) is 61.5 Å². The highest BCUT2D eigenvalue weighted by molar-refractivity contribution is 5.99. The Kier molecular flexibility index (Phi) is 61.8. The van der Waals surface area contributed by atoms with E-state index < -0.39 is 156 Å². The van der Waals surface area contributed by atoms with Crippen molar-refractivity contribution in [3.8, 4) is 0 Å². The third kappa shape index (κ3) is 32.0. The molecular formula is C73H155N11O12. The van der Waals surface area contributed by atoms with E-state index in [2.05, 4.69) is 21.3 Å². The van der Waals surface area contributed by atoms with Crippen LogP contribution in [-0.4, -0.2) is 227 Å². The number of hydrogen-bond acceptors (Lipinski definition) is 12. The normalized spacial score (nSPS) is 23.8. The molecule has 0 aliphatic carbocycles. The lowest BCUT2D eigenvalue weighted by atomic mass is 9.91. The summed E-state index contributed by atoms with van der Waals surface area (Å²) in [5.41, 5.74) is 0. The minimum atomic E-state index is -1.61. The zero-order valence-electron chi connectivity index (χ0n) is 56.1. The molecular weight excluding hydrogens is 1220 g/mol. The quantitative estimate of drug-likeness (QED) is 0.0958. The summed E-state index contributed by atoms with van der Waals surface area (Å²) >= 11 is 0. The number of hydrogen-bond donors (Lipinski definition) is 5. The molecule has 0 aromatic rings. The van der Waals surface area contributed by atoms with Crippen LogP contribution >= 0.6 is 0 Å². The average molecular weight is 1380 g/mol. The molecule has 5 N–H and O–H groups in total. The molecule has 574 valence electrons. The molecule has 1 heterocycles. The van der Waals surface area contributed by atoms with Gasteiger partial charge in [0.25, 0.3) is 0 Å². The van der Waals surface area contributed by atoms with Gasteiger partial charge in [0.15, 0.2) is 0 Å². The number of nitrogens with one attached hydrogen (secondary N) is 4. The molecule has 11 amide bonds. The highest BCUT2D eigenvalue weighted by atomic mass is 16.3. The van der Waals surface area contributed by atoms with E-state index in [0.29, 0.717) is 6.42 Å². The van der Waals surface area contributed by atoms with E-state index in [1.165, 1.54) is 87.7 Å². The van der Waals surface area contributed by atoms with Crippen LogP contribution in [0.5, 0.6) is 0 Å². The topological polar surface area (TPSA) is 279 Å². The Morgan fingerprint density at radius 3 is 1.18 bits per heavy atom. The second-order valence-corrected chi connectivity index (χ2v) is 26.1. The van der Waals surface area contributed by atoms with Crippen LogP contribution in [0.15, 0.2) is 12.2 Å². The third-order valence-electron chi connectivity index (χ3n) is 16.1. The van der Waals surface area contributed by atoms with Crippen LogP contribution in [0, 0.1) is 41.4 Å². The fourth-order valence-electron chi connectivity index (χ4n) is 10.7. The molecule has 1 aliphatic heterocycles. The van der Waals surface area contributed by atoms with Gasteiger partial charge in [0, 0.05) is 49.3 Å². The van der Waals surface area contributed by atoms with E-state index >= 15 is 9.59 Å². The van der Waals surface area contributed by atoms with Gasteiger partial charge in [0.2, 0.25) is 65.0 Å². The minimum Gasteiger partial charge on any atom is -0.390 e. The van der Waals surface area contributed by atoms with Gasteiger partial charge in [-0.05, 0) is 101 Å². The molecule has 0 unspecified atom stereocenters. The number of aliphatic hydroxyl groups excluding tert-OH is 1. The number of rotatable bonds is 15. The summed E-state index contributed by atoms with van der Waals surface area (Å²) in [6.45, 7) is 29.3. The Morgan fingerprint density at radius 2 is 0.781 bits per heavy atom. The van der Waals surface area contributed by atoms with Gasteiger partial charge in [-0.3, -0.25) is 52.7 Å². The summed E-state index contributed by atoms with van der Waals surface area (Å²) in [5.74, 6) is -9.71. The van der Waals surface area contributed by atoms with Gasteiger partial charge in [0.1, 0.15) is 60.4 Å². The molecule has 0 spiro atoms. The molecule has 23 heteroatoms. The summed E-state index contributed by atoms with van der Waals surface area (Å²) in [4.78, 5) is 169. The molecule has 12 atom stereocenters. The Hall–Kier alpha value is -6.13. The minimum absolute atomic E-state index is 0. The molecule has 23 nitrogen and oxygen atoms in total. The standard InChI is InChI=1S/C62H111N11O12.11CH4/c1-25-27-28-40(15)52(75)51-56(79)65-43(26-2)58(81)67(18)33-48(74)68(19)44(29-34(3)4)55(78)66-49(38(11)12)61(84)69(20)45(30-35(5)6)54(77)63-41(16)53(76)64-42(17)57(80)70(21)46(31-36(7)8)59(82)71(22)47(32-37(9)10)60(83)72(23)50(39(13)14)62(85)73(51)24;;;;;;;;;;;/h25,27,34-47,49-52,75H,26,28-33H2,1-24H3,(H,63,77)(H,64,76)(H,65,79)(H,66,78);11*1H4/b27-25+;;;;;;;;;;;/t40-,41-,42+,43-,44+,45-,46-,47-,49-,50-,51-,52-;;;;;;;;;;;/m1.........../s1. The fourth-order valence-corrected chi connectivity index (χ4v) is 10.7. The van der Waals surface area contributed by atoms with Crippen LogP contribution in [0.1, 0.15) is 238 Å². The number of carbonyl (C=O) groups excluding carboxylic acids is 11. The number of carbonyl (C=O) groups is 11. The lowest BCUT2D eigenvalue weighted by Crippen LogP contribution is -2.63. The SMILES string of the molecule is C.C.C.C.C.C.C.C.C.C.C.C/C=C/C[C@@H](C)[C@@H](O)[C@@H]1C(=O)N[C@H](CC)C(=O)N(C)CC(=O)N(C)[C@@H](CC(C)C)C(=O)N[C@H](C(C)C)C(=O)N(C)[C@H](CC(C)C)C(=O)N[C@H](C)C(=O)N[C@@H](C)C(=O)N(C)[C@H](CC(C)C)C(=O)N(C)[C@H](CC(C)C)C(=O)N(C)[C@H](C(C)C)C(=O)N1C. The van der Waals surface area contributed by atoms with Crippen molar-refractivity contribution in [2.45, 2.75) is 304 Å². The first-order valence-electron chi connectivity index (χ1n) is 30.6. The van der Waals surface area contributed by atoms with E-state index in [4.69, 9.17) is 0 Å². The van der Waals surface area contributed by atoms with Gasteiger partial charge < -0.3 is 60.7 Å². The van der Waals surface area contributed by atoms with Crippen molar-refractivity contribution in [2.24, 2.45) is 41.4 Å². The van der Waals surface area contributed by atoms with Crippen LogP contribution in [0.4, 0.5) is 0 Å². The molecule has 1 saturated heterocycles. The number of nitrogens with zero attached hydrogens (tertiary/aromatic N) is 7. The molecule has 1 rings (SSSR count). The van der Waals surface area contributed by atoms with Crippen LogP contribution in [0.25, 0.3) is 0 Å². The molecule has 0 aromatic carbocycles. The van der Waals surface area contributed by atoms with Crippen molar-refractivity contribution in [2.75, 3.05) is 55.9 Å². The average Bonchev–Trinajstić information content (AvgIpc) is 0.809. The highest BCUT2D eigenvalue weighted by Crippen LogP contribution is 2.26. The van der Waals surface area contributed by atoms with Gasteiger partial charge in [-0.25, -0.2) is 0 Å². The summed E-state index contributed by atoms with van der Waals surface area (Å²) in [6.07, 6.45) is 3.04. The van der Waals surface area contributed by atoms with Crippen molar-refractivity contribution >= 4 is 65.0 Å². The van der Waals surface area contributed by atoms with Crippen molar-refractivity contribution in [3.63, 3.8) is 0 Å². The van der Waals surface area contributed by atoms with Crippen molar-refractivity contribution < 1.29 is 57.8 Å². The van der Waals surface area contributed by atoms with Crippen molar-refractivity contribution in [3.05, 3.63) is 12.2 Å². The first-order valence-corrected chi connectivity index (χ1v) is 30.6. The van der Waals surface area contributed by atoms with Crippen LogP contribution in [-0.2, 0) is 52.7 Å². The Labute approximate surface area is 589 Å². The van der Waals surface area contributed by atoms with Gasteiger partial charge in [0.05, 0.1) is 12.6 Å². The molecule has 0 saturated carbocycles. The van der Waals surface area contributed by atoms with Gasteiger partial charge >= 0.3 is 0 Å². The van der Waals surface area contributed by atoms with Crippen molar-refractivity contribution in [1.82, 2.24) is 55.6 Å². The summed E-state index contributed by atoms with van der Waals surface area (Å²) in [6, 6.07) is -12.3. The van der Waals surface area contributed by atoms with E-state index in [9.17, 15) is 48.3 Å². The van der Waals surface area contributed by atoms with Gasteiger partial charge in [-0.2, -0.15) is 0 Å². The fraction of sp³-hybridized carbons (Fsp3) is 0.822. The zero-order chi connectivity index (χ0) is 66.0. The van der Waals surface area contributed by atoms with Gasteiger partial charge in [-0.15, -0.1) is 0 Å². The lowest BCUT2D eigenvalue weighted by Gasteiger charge is -2.41. The summed E-state index contributed by atoms with van der Waals surface area (Å²) in [7, 11) is 9.92. The lowest BCUT2D eigenvalue weighted by molar-refractivity contribution is -0.157. The van der Waals surface area contributed by atoms with E-state index in [0.717, 1.165) is 9.80 Å². The Balaban J connectivity index is -0.000000730. The smallest absolute Gasteiger partial charge is 0.246 e. The molecule has 0 aromatic heterocycles. The largest absolute Gasteiger partial charge is 0.390 e. The second kappa shape index (κ2) is 52.0. The maximum absolute atomic E-state index is 15.1. The Bertz CT molecular complexity index is 2330. The third-order valence-corrected chi connectivity index (χ3v) is 16.1. The summed E-state index contributed by atoms with van der Waals surface area (Å²) in [5, 5.41) is 23.1. The van der Waals surface area contributed by atoms with Gasteiger partial charge in [-0.1, -0.05) is 191 Å². The maximum atomic E-state index is 15.1. The van der Waals surface area contributed by atoms with E-state index in [-0.39, 0.29) is 137 Å². The van der Waals surface area contributed by atoms with Crippen LogP contribution < -0.4 is 21.3 Å². The van der Waals surface area contributed by atoms with Crippen LogP contribution in [0.3, 0.4) is 0 Å². The first kappa shape index (κ1) is 114. The number of aliphatic hydroxyl groups is 1. The number of amides is 11. The molecule has 1 aliphatic rings. The molecule has 1 fully saturated rings. The first-order chi connectivity index (χ1) is 39.2. The predicted molar refractivity (Wildman–Crippen MR) is 402 cm³/mol. The highest BCUT2D eigenvalue weighted by Gasteiger charge is 2.45. The molecule has 0 radical (unpaired) electrons.